The number of carbonyl (C=O) groups is 1. The van der Waals surface area contributed by atoms with Crippen LogP contribution in [0.3, 0.4) is 0 Å². The molecular formula is C24H35N7O. The van der Waals surface area contributed by atoms with Crippen LogP contribution in [0.2, 0.25) is 0 Å². The standard InChI is InChI=1S/C24H35N7O/c1-15(2)19-20(17-11-16(3)22-25-14-26-31(22)12-17)28-29-21(19)23(32)27-18-7-9-30(10-8-18)13-24(4,5)6/h11-12,14-15,18H,7-10,13H2,1-6H3,(H,27,32)(H,28,29). The highest BCUT2D eigenvalue weighted by atomic mass is 16.2. The van der Waals surface area contributed by atoms with E-state index in [9.17, 15) is 4.79 Å². The maximum absolute atomic E-state index is 13.2. The van der Waals surface area contributed by atoms with Crippen molar-refractivity contribution < 1.29 is 4.79 Å². The molecule has 0 atom stereocenters. The Morgan fingerprint density at radius 3 is 2.66 bits per heavy atom. The third kappa shape index (κ3) is 4.70. The minimum absolute atomic E-state index is 0.0692. The first kappa shape index (κ1) is 22.5. The van der Waals surface area contributed by atoms with Gasteiger partial charge in [-0.2, -0.15) is 10.2 Å². The van der Waals surface area contributed by atoms with Crippen LogP contribution in [0.5, 0.6) is 0 Å². The predicted molar refractivity (Wildman–Crippen MR) is 126 cm³/mol. The quantitative estimate of drug-likeness (QED) is 0.634. The zero-order chi connectivity index (χ0) is 23.0. The highest BCUT2D eigenvalue weighted by Crippen LogP contribution is 2.31. The summed E-state index contributed by atoms with van der Waals surface area (Å²) in [7, 11) is 0. The largest absolute Gasteiger partial charge is 0.348 e. The van der Waals surface area contributed by atoms with Crippen LogP contribution in [0.1, 0.15) is 75.0 Å². The summed E-state index contributed by atoms with van der Waals surface area (Å²) in [6.45, 7) is 16.1. The molecule has 32 heavy (non-hydrogen) atoms. The van der Waals surface area contributed by atoms with Crippen molar-refractivity contribution in [3.8, 4) is 11.3 Å². The fourth-order valence-electron chi connectivity index (χ4n) is 4.69. The van der Waals surface area contributed by atoms with E-state index in [0.29, 0.717) is 11.1 Å². The van der Waals surface area contributed by atoms with Crippen LogP contribution < -0.4 is 5.32 Å². The number of H-pyrrole nitrogens is 1. The molecule has 0 aromatic carbocycles. The van der Waals surface area contributed by atoms with E-state index >= 15 is 0 Å². The minimum atomic E-state index is -0.0692. The van der Waals surface area contributed by atoms with Gasteiger partial charge in [-0.1, -0.05) is 34.6 Å². The van der Waals surface area contributed by atoms with E-state index in [0.717, 1.165) is 60.5 Å². The molecule has 8 heteroatoms. The van der Waals surface area contributed by atoms with Gasteiger partial charge in [-0.05, 0) is 42.7 Å². The molecule has 1 aliphatic rings. The number of piperidine rings is 1. The van der Waals surface area contributed by atoms with Gasteiger partial charge in [-0.3, -0.25) is 9.89 Å². The van der Waals surface area contributed by atoms with Gasteiger partial charge in [0.15, 0.2) is 5.65 Å². The molecule has 2 N–H and O–H groups in total. The summed E-state index contributed by atoms with van der Waals surface area (Å²) in [5.74, 6) is 0.0742. The maximum atomic E-state index is 13.2. The van der Waals surface area contributed by atoms with Crippen molar-refractivity contribution in [3.63, 3.8) is 0 Å². The van der Waals surface area contributed by atoms with Crippen molar-refractivity contribution in [3.05, 3.63) is 35.4 Å². The molecule has 3 aromatic heterocycles. The molecule has 0 radical (unpaired) electrons. The average Bonchev–Trinajstić information content (AvgIpc) is 3.35. The Morgan fingerprint density at radius 1 is 1.28 bits per heavy atom. The Hall–Kier alpha value is -2.74. The van der Waals surface area contributed by atoms with Crippen LogP contribution in [0.25, 0.3) is 16.9 Å². The second-order valence-corrected chi connectivity index (χ2v) is 10.5. The number of nitrogens with one attached hydrogen (secondary N) is 2. The number of carbonyl (C=O) groups excluding carboxylic acids is 1. The normalized spacial score (nSPS) is 16.2. The first-order chi connectivity index (χ1) is 15.1. The van der Waals surface area contributed by atoms with E-state index in [4.69, 9.17) is 0 Å². The molecule has 1 fully saturated rings. The zero-order valence-corrected chi connectivity index (χ0v) is 20.1. The van der Waals surface area contributed by atoms with Crippen molar-refractivity contribution >= 4 is 11.6 Å². The molecule has 4 heterocycles. The molecule has 0 aliphatic carbocycles. The number of likely N-dealkylation sites (tertiary alicyclic amines) is 1. The van der Waals surface area contributed by atoms with Crippen LogP contribution in [-0.4, -0.2) is 61.3 Å². The van der Waals surface area contributed by atoms with Crippen molar-refractivity contribution in [2.75, 3.05) is 19.6 Å². The van der Waals surface area contributed by atoms with Crippen LogP contribution in [-0.2, 0) is 0 Å². The third-order valence-corrected chi connectivity index (χ3v) is 6.06. The van der Waals surface area contributed by atoms with Crippen LogP contribution in [0.4, 0.5) is 0 Å². The lowest BCUT2D eigenvalue weighted by Crippen LogP contribution is -2.46. The summed E-state index contributed by atoms with van der Waals surface area (Å²) >= 11 is 0. The lowest BCUT2D eigenvalue weighted by atomic mass is 9.94. The van der Waals surface area contributed by atoms with E-state index in [-0.39, 0.29) is 17.9 Å². The van der Waals surface area contributed by atoms with Crippen molar-refractivity contribution in [1.29, 1.82) is 0 Å². The topological polar surface area (TPSA) is 91.2 Å². The van der Waals surface area contributed by atoms with E-state index in [1.54, 1.807) is 10.8 Å². The van der Waals surface area contributed by atoms with Crippen molar-refractivity contribution in [1.82, 2.24) is 35.0 Å². The molecule has 1 aliphatic heterocycles. The molecule has 1 amide bonds. The fourth-order valence-corrected chi connectivity index (χ4v) is 4.69. The molecule has 4 rings (SSSR count). The smallest absolute Gasteiger partial charge is 0.269 e. The lowest BCUT2D eigenvalue weighted by molar-refractivity contribution is 0.0889. The Balaban J connectivity index is 1.52. The fraction of sp³-hybridized carbons (Fsp3) is 0.583. The van der Waals surface area contributed by atoms with Gasteiger partial charge in [0.1, 0.15) is 12.0 Å². The molecule has 0 saturated carbocycles. The van der Waals surface area contributed by atoms with Crippen LogP contribution >= 0.6 is 0 Å². The maximum Gasteiger partial charge on any atom is 0.269 e. The van der Waals surface area contributed by atoms with Crippen molar-refractivity contribution in [2.45, 2.75) is 66.3 Å². The van der Waals surface area contributed by atoms with Crippen LogP contribution in [0.15, 0.2) is 18.6 Å². The Bertz CT molecular complexity index is 1100. The lowest BCUT2D eigenvalue weighted by Gasteiger charge is -2.36. The number of pyridine rings is 1. The van der Waals surface area contributed by atoms with Gasteiger partial charge in [-0.15, -0.1) is 0 Å². The number of nitrogens with zero attached hydrogens (tertiary/aromatic N) is 5. The highest BCUT2D eigenvalue weighted by molar-refractivity contribution is 5.96. The van der Waals surface area contributed by atoms with Gasteiger partial charge in [0.05, 0.1) is 5.69 Å². The van der Waals surface area contributed by atoms with Gasteiger partial charge in [0, 0.05) is 43.0 Å². The summed E-state index contributed by atoms with van der Waals surface area (Å²) in [5.41, 5.74) is 5.36. The Morgan fingerprint density at radius 2 is 2.00 bits per heavy atom. The van der Waals surface area contributed by atoms with E-state index in [1.165, 1.54) is 0 Å². The predicted octanol–water partition coefficient (Wildman–Crippen LogP) is 3.79. The summed E-state index contributed by atoms with van der Waals surface area (Å²) in [4.78, 5) is 20.0. The average molecular weight is 438 g/mol. The molecule has 3 aromatic rings. The molecule has 172 valence electrons. The highest BCUT2D eigenvalue weighted by Gasteiger charge is 2.27. The Labute approximate surface area is 189 Å². The summed E-state index contributed by atoms with van der Waals surface area (Å²) in [5, 5.41) is 15.1. The SMILES string of the molecule is Cc1cc(-c2n[nH]c(C(=O)NC3CCN(CC(C)(C)C)CC3)c2C(C)C)cn2ncnc12. The third-order valence-electron chi connectivity index (χ3n) is 6.06. The molecule has 1 saturated heterocycles. The molecule has 0 bridgehead atoms. The van der Waals surface area contributed by atoms with Crippen molar-refractivity contribution in [2.24, 2.45) is 5.41 Å². The van der Waals surface area contributed by atoms with Gasteiger partial charge in [-0.25, -0.2) is 9.50 Å². The number of hydrogen-bond donors (Lipinski definition) is 2. The first-order valence-electron chi connectivity index (χ1n) is 11.5. The first-order valence-corrected chi connectivity index (χ1v) is 11.5. The minimum Gasteiger partial charge on any atom is -0.348 e. The van der Waals surface area contributed by atoms with Gasteiger partial charge >= 0.3 is 0 Å². The van der Waals surface area contributed by atoms with Gasteiger partial charge in [0.2, 0.25) is 0 Å². The summed E-state index contributed by atoms with van der Waals surface area (Å²) < 4.78 is 1.76. The number of aryl methyl sites for hydroxylation is 1. The Kier molecular flexibility index (Phi) is 6.07. The van der Waals surface area contributed by atoms with E-state index in [2.05, 4.69) is 71.2 Å². The number of rotatable bonds is 5. The van der Waals surface area contributed by atoms with Crippen LogP contribution in [0, 0.1) is 12.3 Å². The summed E-state index contributed by atoms with van der Waals surface area (Å²) in [6.07, 6.45) is 5.42. The second kappa shape index (κ2) is 8.65. The molecule has 0 spiro atoms. The molecular weight excluding hydrogens is 402 g/mol. The number of aromatic nitrogens is 5. The molecule has 0 unspecified atom stereocenters. The zero-order valence-electron chi connectivity index (χ0n) is 20.1. The molecule has 8 nitrogen and oxygen atoms in total. The van der Waals surface area contributed by atoms with E-state index in [1.807, 2.05) is 13.1 Å². The second-order valence-electron chi connectivity index (χ2n) is 10.5. The monoisotopic (exact) mass is 437 g/mol. The number of fused-ring (bicyclic) bond motifs is 1. The number of aromatic amines is 1. The van der Waals surface area contributed by atoms with E-state index < -0.39 is 0 Å². The number of hydrogen-bond acceptors (Lipinski definition) is 5. The number of amides is 1. The summed E-state index contributed by atoms with van der Waals surface area (Å²) in [6, 6.07) is 2.25. The van der Waals surface area contributed by atoms with Gasteiger partial charge < -0.3 is 10.2 Å². The van der Waals surface area contributed by atoms with Gasteiger partial charge in [0.25, 0.3) is 5.91 Å².